The van der Waals surface area contributed by atoms with Crippen LogP contribution in [0, 0.1) is 5.92 Å². The molecule has 0 spiro atoms. The van der Waals surface area contributed by atoms with Crippen molar-refractivity contribution in [3.05, 3.63) is 53.9 Å². The third kappa shape index (κ3) is 3.72. The molecule has 3 heterocycles. The summed E-state index contributed by atoms with van der Waals surface area (Å²) in [6.07, 6.45) is 1.93. The van der Waals surface area contributed by atoms with Gasteiger partial charge >= 0.3 is 0 Å². The molecule has 1 aromatic heterocycles. The molecule has 0 aliphatic carbocycles. The molecule has 7 heteroatoms. The molecule has 2 aliphatic rings. The van der Waals surface area contributed by atoms with Crippen molar-refractivity contribution >= 4 is 11.8 Å². The Bertz CT molecular complexity index is 856. The lowest BCUT2D eigenvalue weighted by molar-refractivity contribution is -0.129. The summed E-state index contributed by atoms with van der Waals surface area (Å²) in [5.74, 6) is 0.918. The first-order valence-electron chi connectivity index (χ1n) is 8.98. The molecule has 7 nitrogen and oxygen atoms in total. The van der Waals surface area contributed by atoms with Crippen LogP contribution in [0.25, 0.3) is 0 Å². The number of fused-ring (bicyclic) bond motifs is 1. The van der Waals surface area contributed by atoms with E-state index in [1.54, 1.807) is 11.1 Å². The Morgan fingerprint density at radius 1 is 1.30 bits per heavy atom. The van der Waals surface area contributed by atoms with Crippen LogP contribution in [-0.2, 0) is 16.1 Å². The lowest BCUT2D eigenvalue weighted by Crippen LogP contribution is -2.34. The maximum atomic E-state index is 12.6. The van der Waals surface area contributed by atoms with Crippen LogP contribution in [0.1, 0.15) is 30.6 Å². The molecule has 0 bridgehead atoms. The second-order valence-electron chi connectivity index (χ2n) is 6.84. The van der Waals surface area contributed by atoms with E-state index in [1.165, 1.54) is 0 Å². The predicted molar refractivity (Wildman–Crippen MR) is 96.9 cm³/mol. The van der Waals surface area contributed by atoms with Gasteiger partial charge in [-0.1, -0.05) is 12.1 Å². The molecular formula is C20H21N3O4. The highest BCUT2D eigenvalue weighted by Crippen LogP contribution is 2.34. The standard InChI is InChI=1S/C20H21N3O4/c1-13(14-5-6-17-18(8-14)27-12-26-17)22-20(25)15-9-19(24)23(10-15)11-16-4-2-3-7-21-16/h2-8,13,15H,9-12H2,1H3,(H,22,25). The average molecular weight is 367 g/mol. The highest BCUT2D eigenvalue weighted by Gasteiger charge is 2.35. The van der Waals surface area contributed by atoms with E-state index in [1.807, 2.05) is 43.3 Å². The van der Waals surface area contributed by atoms with Gasteiger partial charge in [-0.25, -0.2) is 0 Å². The fourth-order valence-electron chi connectivity index (χ4n) is 3.38. The molecule has 2 atom stereocenters. The number of likely N-dealkylation sites (tertiary alicyclic amines) is 1. The SMILES string of the molecule is CC(NC(=O)C1CC(=O)N(Cc2ccccn2)C1)c1ccc2c(c1)OCO2. The summed E-state index contributed by atoms with van der Waals surface area (Å²) in [5.41, 5.74) is 1.75. The fraction of sp³-hybridized carbons (Fsp3) is 0.350. The number of hydrogen-bond acceptors (Lipinski definition) is 5. The van der Waals surface area contributed by atoms with Crippen LogP contribution in [0.5, 0.6) is 11.5 Å². The first kappa shape index (κ1) is 17.3. The predicted octanol–water partition coefficient (Wildman–Crippen LogP) is 2.04. The molecule has 2 amide bonds. The Labute approximate surface area is 157 Å². The van der Waals surface area contributed by atoms with Gasteiger partial charge in [0.1, 0.15) is 0 Å². The number of amides is 2. The lowest BCUT2D eigenvalue weighted by Gasteiger charge is -2.19. The lowest BCUT2D eigenvalue weighted by atomic mass is 10.0. The Hall–Kier alpha value is -3.09. The average Bonchev–Trinajstić information content (AvgIpc) is 3.28. The summed E-state index contributed by atoms with van der Waals surface area (Å²) in [6, 6.07) is 11.0. The van der Waals surface area contributed by atoms with Gasteiger partial charge in [0, 0.05) is 19.2 Å². The highest BCUT2D eigenvalue weighted by atomic mass is 16.7. The molecule has 140 valence electrons. The third-order valence-corrected chi connectivity index (χ3v) is 4.92. The van der Waals surface area contributed by atoms with E-state index in [2.05, 4.69) is 10.3 Å². The van der Waals surface area contributed by atoms with E-state index >= 15 is 0 Å². The summed E-state index contributed by atoms with van der Waals surface area (Å²) >= 11 is 0. The zero-order chi connectivity index (χ0) is 18.8. The summed E-state index contributed by atoms with van der Waals surface area (Å²) in [4.78, 5) is 30.8. The molecule has 4 rings (SSSR count). The number of nitrogens with one attached hydrogen (secondary N) is 1. The van der Waals surface area contributed by atoms with Crippen molar-refractivity contribution in [1.29, 1.82) is 0 Å². The number of aromatic nitrogens is 1. The second-order valence-corrected chi connectivity index (χ2v) is 6.84. The molecule has 2 aromatic rings. The minimum atomic E-state index is -0.349. The van der Waals surface area contributed by atoms with E-state index < -0.39 is 0 Å². The molecule has 1 fully saturated rings. The Morgan fingerprint density at radius 3 is 2.96 bits per heavy atom. The number of rotatable bonds is 5. The van der Waals surface area contributed by atoms with E-state index in [-0.39, 0.29) is 37.0 Å². The van der Waals surface area contributed by atoms with Gasteiger partial charge in [0.15, 0.2) is 11.5 Å². The van der Waals surface area contributed by atoms with Crippen molar-refractivity contribution in [3.63, 3.8) is 0 Å². The molecule has 0 radical (unpaired) electrons. The summed E-state index contributed by atoms with van der Waals surface area (Å²) in [6.45, 7) is 2.98. The summed E-state index contributed by atoms with van der Waals surface area (Å²) in [5, 5.41) is 3.00. The van der Waals surface area contributed by atoms with Crippen molar-refractivity contribution in [2.75, 3.05) is 13.3 Å². The van der Waals surface area contributed by atoms with E-state index in [4.69, 9.17) is 9.47 Å². The molecule has 1 N–H and O–H groups in total. The largest absolute Gasteiger partial charge is 0.454 e. The third-order valence-electron chi connectivity index (χ3n) is 4.92. The van der Waals surface area contributed by atoms with Gasteiger partial charge in [-0.05, 0) is 36.8 Å². The van der Waals surface area contributed by atoms with Crippen LogP contribution in [0.2, 0.25) is 0 Å². The molecule has 0 saturated carbocycles. The van der Waals surface area contributed by atoms with E-state index in [9.17, 15) is 9.59 Å². The molecule has 1 saturated heterocycles. The topological polar surface area (TPSA) is 80.8 Å². The number of nitrogens with zero attached hydrogens (tertiary/aromatic N) is 2. The zero-order valence-corrected chi connectivity index (χ0v) is 15.1. The van der Waals surface area contributed by atoms with Crippen molar-refractivity contribution in [1.82, 2.24) is 15.2 Å². The minimum Gasteiger partial charge on any atom is -0.454 e. The van der Waals surface area contributed by atoms with Gasteiger partial charge in [-0.2, -0.15) is 0 Å². The zero-order valence-electron chi connectivity index (χ0n) is 15.1. The van der Waals surface area contributed by atoms with Crippen LogP contribution < -0.4 is 14.8 Å². The smallest absolute Gasteiger partial charge is 0.231 e. The van der Waals surface area contributed by atoms with Crippen LogP contribution in [-0.4, -0.2) is 35.0 Å². The number of hydrogen-bond donors (Lipinski definition) is 1. The van der Waals surface area contributed by atoms with Crippen molar-refractivity contribution in [3.8, 4) is 11.5 Å². The van der Waals surface area contributed by atoms with Gasteiger partial charge in [0.05, 0.1) is 24.2 Å². The monoisotopic (exact) mass is 367 g/mol. The van der Waals surface area contributed by atoms with Crippen molar-refractivity contribution in [2.24, 2.45) is 5.92 Å². The fourth-order valence-corrected chi connectivity index (χ4v) is 3.38. The molecule has 2 unspecified atom stereocenters. The first-order chi connectivity index (χ1) is 13.1. The van der Waals surface area contributed by atoms with Crippen LogP contribution >= 0.6 is 0 Å². The maximum absolute atomic E-state index is 12.6. The minimum absolute atomic E-state index is 0.0171. The Morgan fingerprint density at radius 2 is 2.15 bits per heavy atom. The molecule has 27 heavy (non-hydrogen) atoms. The van der Waals surface area contributed by atoms with E-state index in [0.29, 0.717) is 24.6 Å². The number of carbonyl (C=O) groups excluding carboxylic acids is 2. The number of benzene rings is 1. The van der Waals surface area contributed by atoms with Gasteiger partial charge in [-0.15, -0.1) is 0 Å². The highest BCUT2D eigenvalue weighted by molar-refractivity contribution is 5.89. The van der Waals surface area contributed by atoms with Gasteiger partial charge in [0.25, 0.3) is 0 Å². The van der Waals surface area contributed by atoms with Crippen LogP contribution in [0.4, 0.5) is 0 Å². The van der Waals surface area contributed by atoms with Crippen LogP contribution in [0.3, 0.4) is 0 Å². The number of carbonyl (C=O) groups is 2. The number of pyridine rings is 1. The Kier molecular flexibility index (Phi) is 4.66. The van der Waals surface area contributed by atoms with Gasteiger partial charge < -0.3 is 19.7 Å². The normalized spacial score (nSPS) is 19.2. The second kappa shape index (κ2) is 7.26. The maximum Gasteiger partial charge on any atom is 0.231 e. The first-order valence-corrected chi connectivity index (χ1v) is 8.98. The van der Waals surface area contributed by atoms with Gasteiger partial charge in [0.2, 0.25) is 18.6 Å². The molecule has 2 aliphatic heterocycles. The van der Waals surface area contributed by atoms with Crippen LogP contribution in [0.15, 0.2) is 42.6 Å². The molecular weight excluding hydrogens is 346 g/mol. The van der Waals surface area contributed by atoms with Crippen molar-refractivity contribution in [2.45, 2.75) is 25.9 Å². The molecule has 1 aromatic carbocycles. The number of ether oxygens (including phenoxy) is 2. The van der Waals surface area contributed by atoms with Gasteiger partial charge in [-0.3, -0.25) is 14.6 Å². The summed E-state index contributed by atoms with van der Waals surface area (Å²) < 4.78 is 10.7. The quantitative estimate of drug-likeness (QED) is 0.875. The van der Waals surface area contributed by atoms with E-state index in [0.717, 1.165) is 11.3 Å². The van der Waals surface area contributed by atoms with Crippen molar-refractivity contribution < 1.29 is 19.1 Å². The summed E-state index contributed by atoms with van der Waals surface area (Å²) in [7, 11) is 0. The Balaban J connectivity index is 1.36.